The van der Waals surface area contributed by atoms with Crippen LogP contribution < -0.4 is 0 Å². The van der Waals surface area contributed by atoms with Gasteiger partial charge in [0.25, 0.3) is 0 Å². The number of rotatable bonds is 5. The van der Waals surface area contributed by atoms with E-state index in [0.717, 1.165) is 0 Å². The molecule has 0 heterocycles. The average molecular weight is 361 g/mol. The molecule has 90 valence electrons. The van der Waals surface area contributed by atoms with Gasteiger partial charge in [0.15, 0.2) is 0 Å². The second kappa shape index (κ2) is 6.93. The van der Waals surface area contributed by atoms with E-state index in [9.17, 15) is 10.2 Å². The number of hydrogen-bond acceptors (Lipinski definition) is 2. The summed E-state index contributed by atoms with van der Waals surface area (Å²) in [5.41, 5.74) is 1.25. The van der Waals surface area contributed by atoms with Crippen LogP contribution >= 0.6 is 46.4 Å². The molecule has 7 heteroatoms. The van der Waals surface area contributed by atoms with E-state index >= 15 is 0 Å². The van der Waals surface area contributed by atoms with Crippen LogP contribution in [0.25, 0.3) is 0 Å². The number of halogens is 4. The average Bonchev–Trinajstić information content (AvgIpc) is 2.12. The number of aliphatic hydroxyl groups is 2. The minimum absolute atomic E-state index is 0.507. The van der Waals surface area contributed by atoms with Gasteiger partial charge in [-0.1, -0.05) is 0 Å². The van der Waals surface area contributed by atoms with Crippen molar-refractivity contribution in [1.29, 1.82) is 0 Å². The molecule has 0 bridgehead atoms. The van der Waals surface area contributed by atoms with Crippen molar-refractivity contribution < 1.29 is 10.2 Å². The molecule has 0 aromatic heterocycles. The topological polar surface area (TPSA) is 40.5 Å². The monoisotopic (exact) mass is 360 g/mol. The maximum absolute atomic E-state index is 9.53. The molecule has 3 unspecified atom stereocenters. The summed E-state index contributed by atoms with van der Waals surface area (Å²) in [4.78, 5) is -0.940. The van der Waals surface area contributed by atoms with Gasteiger partial charge in [0, 0.05) is 0 Å². The molecule has 0 rings (SSSR count). The Morgan fingerprint density at radius 1 is 1.33 bits per heavy atom. The van der Waals surface area contributed by atoms with Crippen LogP contribution in [0.2, 0.25) is 0 Å². The molecule has 0 saturated heterocycles. The van der Waals surface area contributed by atoms with E-state index in [1.807, 2.05) is 0 Å². The summed E-state index contributed by atoms with van der Waals surface area (Å²) in [7, 11) is 0. The van der Waals surface area contributed by atoms with E-state index in [-0.39, 0.29) is 0 Å². The van der Waals surface area contributed by atoms with E-state index in [4.69, 9.17) is 46.4 Å². The normalized spacial score (nSPS) is 21.3. The van der Waals surface area contributed by atoms with Crippen LogP contribution in [-0.2, 0) is 0 Å². The summed E-state index contributed by atoms with van der Waals surface area (Å²) < 4.78 is -0.653. The first-order chi connectivity index (χ1) is 6.75. The van der Waals surface area contributed by atoms with Crippen LogP contribution in [0.4, 0.5) is 0 Å². The van der Waals surface area contributed by atoms with Crippen molar-refractivity contribution in [2.45, 2.75) is 34.7 Å². The standard InChI is InChI=1S/C8H12Cl4O2Se/c1-4(13)6(3-9)15-8(12,5(2)14)7(10)11/h3-5,7,13-14H,1-2H3/b6-3-. The molecule has 0 aliphatic carbocycles. The third-order valence-electron chi connectivity index (χ3n) is 1.66. The van der Waals surface area contributed by atoms with Crippen LogP contribution in [0.1, 0.15) is 13.8 Å². The van der Waals surface area contributed by atoms with Crippen LogP contribution in [0.15, 0.2) is 10.0 Å². The molecule has 0 saturated carbocycles. The van der Waals surface area contributed by atoms with Gasteiger partial charge >= 0.3 is 116 Å². The first-order valence-corrected chi connectivity index (χ1v) is 7.48. The van der Waals surface area contributed by atoms with Gasteiger partial charge in [-0.15, -0.1) is 0 Å². The van der Waals surface area contributed by atoms with Crippen molar-refractivity contribution >= 4 is 61.4 Å². The zero-order valence-corrected chi connectivity index (χ0v) is 12.9. The Morgan fingerprint density at radius 3 is 2.00 bits per heavy atom. The third-order valence-corrected chi connectivity index (χ3v) is 7.95. The number of hydrogen-bond donors (Lipinski definition) is 2. The zero-order chi connectivity index (χ0) is 12.2. The van der Waals surface area contributed by atoms with Gasteiger partial charge in [0.05, 0.1) is 0 Å². The van der Waals surface area contributed by atoms with E-state index in [0.29, 0.717) is 4.47 Å². The van der Waals surface area contributed by atoms with Gasteiger partial charge in [-0.2, -0.15) is 0 Å². The van der Waals surface area contributed by atoms with Crippen molar-refractivity contribution in [3.8, 4) is 0 Å². The van der Waals surface area contributed by atoms with Crippen molar-refractivity contribution in [2.75, 3.05) is 0 Å². The fourth-order valence-electron chi connectivity index (χ4n) is 0.691. The van der Waals surface area contributed by atoms with Crippen LogP contribution in [-0.4, -0.2) is 46.0 Å². The van der Waals surface area contributed by atoms with Crippen molar-refractivity contribution in [3.05, 3.63) is 10.0 Å². The van der Waals surface area contributed by atoms with Crippen molar-refractivity contribution in [1.82, 2.24) is 0 Å². The third kappa shape index (κ3) is 4.61. The van der Waals surface area contributed by atoms with E-state index in [1.165, 1.54) is 12.5 Å². The molecule has 2 nitrogen and oxygen atoms in total. The maximum atomic E-state index is 9.53. The molecule has 0 fully saturated rings. The summed E-state index contributed by atoms with van der Waals surface area (Å²) >= 11 is 22.6. The van der Waals surface area contributed by atoms with Crippen LogP contribution in [0.3, 0.4) is 0 Å². The van der Waals surface area contributed by atoms with Crippen molar-refractivity contribution in [3.63, 3.8) is 0 Å². The second-order valence-electron chi connectivity index (χ2n) is 2.96. The van der Waals surface area contributed by atoms with Gasteiger partial charge in [0.2, 0.25) is 0 Å². The van der Waals surface area contributed by atoms with Gasteiger partial charge < -0.3 is 0 Å². The molecule has 3 atom stereocenters. The number of alkyl halides is 3. The molecule has 15 heavy (non-hydrogen) atoms. The van der Waals surface area contributed by atoms with Gasteiger partial charge in [-0.05, 0) is 0 Å². The van der Waals surface area contributed by atoms with Gasteiger partial charge in [0.1, 0.15) is 0 Å². The predicted molar refractivity (Wildman–Crippen MR) is 67.1 cm³/mol. The molecule has 0 aliphatic heterocycles. The fraction of sp³-hybridized carbons (Fsp3) is 0.750. The Hall–Kier alpha value is 1.34. The van der Waals surface area contributed by atoms with Gasteiger partial charge in [-0.25, -0.2) is 0 Å². The second-order valence-corrected chi connectivity index (χ2v) is 8.25. The molecule has 0 aliphatic rings. The summed E-state index contributed by atoms with van der Waals surface area (Å²) in [5, 5.41) is 18.9. The quantitative estimate of drug-likeness (QED) is 0.583. The SMILES string of the molecule is CC(O)/C(=C/Cl)[Se]C(Cl)(C(C)O)C(Cl)Cl. The predicted octanol–water partition coefficient (Wildman–Crippen LogP) is 2.27. The molecule has 0 radical (unpaired) electrons. The molecular formula is C8H12Cl4O2Se. The van der Waals surface area contributed by atoms with E-state index in [2.05, 4.69) is 0 Å². The minimum atomic E-state index is -1.19. The Balaban J connectivity index is 4.84. The molecule has 0 amide bonds. The molecular weight excluding hydrogens is 349 g/mol. The molecule has 0 spiro atoms. The fourth-order valence-corrected chi connectivity index (χ4v) is 4.15. The molecule has 0 aromatic carbocycles. The Bertz CT molecular complexity index is 223. The zero-order valence-electron chi connectivity index (χ0n) is 8.12. The summed E-state index contributed by atoms with van der Waals surface area (Å²) in [6.07, 6.45) is -1.63. The summed E-state index contributed by atoms with van der Waals surface area (Å²) in [5.74, 6) is 0. The van der Waals surface area contributed by atoms with Crippen molar-refractivity contribution in [2.24, 2.45) is 0 Å². The van der Waals surface area contributed by atoms with E-state index in [1.54, 1.807) is 6.92 Å². The summed E-state index contributed by atoms with van der Waals surface area (Å²) in [6.45, 7) is 3.06. The first-order valence-electron chi connectivity index (χ1n) is 4.08. The Kier molecular flexibility index (Phi) is 7.54. The van der Waals surface area contributed by atoms with Gasteiger partial charge in [-0.3, -0.25) is 0 Å². The van der Waals surface area contributed by atoms with E-state index < -0.39 is 35.8 Å². The first kappa shape index (κ1) is 16.3. The number of aliphatic hydroxyl groups excluding tert-OH is 2. The van der Waals surface area contributed by atoms with Crippen LogP contribution in [0, 0.1) is 0 Å². The summed E-state index contributed by atoms with van der Waals surface area (Å²) in [6, 6.07) is 0. The van der Waals surface area contributed by atoms with Crippen LogP contribution in [0.5, 0.6) is 0 Å². The Labute approximate surface area is 116 Å². The Morgan fingerprint density at radius 2 is 1.80 bits per heavy atom. The molecule has 0 aromatic rings. The molecule has 2 N–H and O–H groups in total.